The van der Waals surface area contributed by atoms with Crippen LogP contribution in [-0.4, -0.2) is 26.8 Å². The van der Waals surface area contributed by atoms with Crippen molar-refractivity contribution in [2.45, 2.75) is 6.54 Å². The molecule has 4 rings (SSSR count). The molecule has 0 fully saturated rings. The summed E-state index contributed by atoms with van der Waals surface area (Å²) >= 11 is 0. The molecule has 144 valence electrons. The van der Waals surface area contributed by atoms with Gasteiger partial charge in [-0.15, -0.1) is 0 Å². The van der Waals surface area contributed by atoms with E-state index in [0.29, 0.717) is 22.2 Å². The molecule has 0 saturated heterocycles. The van der Waals surface area contributed by atoms with E-state index in [1.165, 1.54) is 24.3 Å². The number of carboxylic acids is 1. The van der Waals surface area contributed by atoms with Crippen molar-refractivity contribution in [1.82, 2.24) is 15.1 Å². The van der Waals surface area contributed by atoms with E-state index in [-0.39, 0.29) is 23.8 Å². The lowest BCUT2D eigenvalue weighted by Crippen LogP contribution is -2.23. The fraction of sp³-hybridized carbons (Fsp3) is 0.0455. The van der Waals surface area contributed by atoms with Crippen LogP contribution in [0.15, 0.2) is 72.9 Å². The minimum absolute atomic E-state index is 0.166. The number of rotatable bonds is 5. The molecular weight excluding hydrogens is 373 g/mol. The van der Waals surface area contributed by atoms with Crippen LogP contribution in [0.5, 0.6) is 0 Å². The number of fused-ring (bicyclic) bond motifs is 1. The Bertz CT molecular complexity index is 1220. The van der Waals surface area contributed by atoms with Gasteiger partial charge in [0.1, 0.15) is 5.82 Å². The van der Waals surface area contributed by atoms with Gasteiger partial charge in [0, 0.05) is 11.9 Å². The van der Waals surface area contributed by atoms with Crippen molar-refractivity contribution in [1.29, 1.82) is 0 Å². The summed E-state index contributed by atoms with van der Waals surface area (Å²) in [5.41, 5.74) is 2.71. The quantitative estimate of drug-likeness (QED) is 0.544. The molecule has 0 spiro atoms. The van der Waals surface area contributed by atoms with Crippen molar-refractivity contribution < 1.29 is 19.1 Å². The highest BCUT2D eigenvalue weighted by molar-refractivity contribution is 6.06. The Labute approximate surface area is 165 Å². The van der Waals surface area contributed by atoms with Crippen molar-refractivity contribution in [3.8, 4) is 5.69 Å². The Morgan fingerprint density at radius 3 is 2.55 bits per heavy atom. The molecule has 0 radical (unpaired) electrons. The second-order valence-electron chi connectivity index (χ2n) is 6.46. The van der Waals surface area contributed by atoms with Crippen molar-refractivity contribution in [2.24, 2.45) is 0 Å². The van der Waals surface area contributed by atoms with Crippen molar-refractivity contribution >= 4 is 22.8 Å². The van der Waals surface area contributed by atoms with Gasteiger partial charge in [0.05, 0.1) is 28.5 Å². The number of nitrogens with zero attached hydrogens (tertiary/aromatic N) is 2. The molecule has 1 amide bonds. The Morgan fingerprint density at radius 1 is 1.03 bits per heavy atom. The summed E-state index contributed by atoms with van der Waals surface area (Å²) < 4.78 is 14.8. The zero-order valence-electron chi connectivity index (χ0n) is 15.2. The van der Waals surface area contributed by atoms with Crippen molar-refractivity contribution in [3.63, 3.8) is 0 Å². The lowest BCUT2D eigenvalue weighted by molar-refractivity contribution is 0.0696. The zero-order valence-corrected chi connectivity index (χ0v) is 15.2. The second kappa shape index (κ2) is 7.55. The molecule has 0 unspecified atom stereocenters. The van der Waals surface area contributed by atoms with E-state index in [2.05, 4.69) is 10.4 Å². The molecule has 1 heterocycles. The lowest BCUT2D eigenvalue weighted by Gasteiger charge is -2.08. The number of carboxylic acid groups (broad SMARTS) is 1. The molecular formula is C22H16FN3O3. The third-order valence-electron chi connectivity index (χ3n) is 4.56. The van der Waals surface area contributed by atoms with Crippen LogP contribution >= 0.6 is 0 Å². The number of benzene rings is 3. The number of hydrogen-bond donors (Lipinski definition) is 2. The highest BCUT2D eigenvalue weighted by atomic mass is 19.1. The first-order valence-electron chi connectivity index (χ1n) is 8.86. The fourth-order valence-corrected chi connectivity index (χ4v) is 3.13. The molecule has 2 N–H and O–H groups in total. The van der Waals surface area contributed by atoms with E-state index in [4.69, 9.17) is 5.11 Å². The van der Waals surface area contributed by atoms with Gasteiger partial charge < -0.3 is 10.4 Å². The predicted octanol–water partition coefficient (Wildman–Crippen LogP) is 3.79. The topological polar surface area (TPSA) is 84.2 Å². The molecule has 0 aliphatic carbocycles. The first-order valence-corrected chi connectivity index (χ1v) is 8.86. The first kappa shape index (κ1) is 18.4. The Hall–Kier alpha value is -4.00. The molecule has 0 atom stereocenters. The Morgan fingerprint density at radius 2 is 1.79 bits per heavy atom. The van der Waals surface area contributed by atoms with Gasteiger partial charge >= 0.3 is 5.97 Å². The molecule has 3 aromatic carbocycles. The van der Waals surface area contributed by atoms with E-state index in [1.54, 1.807) is 47.3 Å². The molecule has 1 aromatic heterocycles. The smallest absolute Gasteiger partial charge is 0.335 e. The number of aromatic carboxylic acids is 1. The fourth-order valence-electron chi connectivity index (χ4n) is 3.13. The number of carbonyl (C=O) groups is 2. The maximum absolute atomic E-state index is 13.2. The zero-order chi connectivity index (χ0) is 20.4. The molecule has 0 aliphatic rings. The Kier molecular flexibility index (Phi) is 4.78. The molecule has 0 bridgehead atoms. The van der Waals surface area contributed by atoms with Gasteiger partial charge in [-0.2, -0.15) is 5.10 Å². The minimum atomic E-state index is -1.02. The van der Waals surface area contributed by atoms with E-state index in [1.807, 2.05) is 6.07 Å². The molecule has 7 heteroatoms. The van der Waals surface area contributed by atoms with Crippen LogP contribution in [0.3, 0.4) is 0 Å². The van der Waals surface area contributed by atoms with Crippen LogP contribution in [0.4, 0.5) is 4.39 Å². The maximum atomic E-state index is 13.2. The molecule has 0 saturated carbocycles. The van der Waals surface area contributed by atoms with E-state index < -0.39 is 5.97 Å². The highest BCUT2D eigenvalue weighted by Crippen LogP contribution is 2.22. The molecule has 0 aliphatic heterocycles. The first-order chi connectivity index (χ1) is 14.0. The average molecular weight is 389 g/mol. The highest BCUT2D eigenvalue weighted by Gasteiger charge is 2.14. The van der Waals surface area contributed by atoms with Gasteiger partial charge in [0.15, 0.2) is 0 Å². The van der Waals surface area contributed by atoms with E-state index in [9.17, 15) is 14.0 Å². The summed E-state index contributed by atoms with van der Waals surface area (Å²) in [5, 5.41) is 16.9. The van der Waals surface area contributed by atoms with Gasteiger partial charge in [-0.05, 0) is 54.1 Å². The van der Waals surface area contributed by atoms with Crippen LogP contribution < -0.4 is 5.32 Å². The second-order valence-corrected chi connectivity index (χ2v) is 6.46. The van der Waals surface area contributed by atoms with Crippen LogP contribution in [0.1, 0.15) is 26.3 Å². The molecule has 29 heavy (non-hydrogen) atoms. The number of carbonyl (C=O) groups excluding carboxylic acids is 1. The number of aromatic nitrogens is 2. The minimum Gasteiger partial charge on any atom is -0.478 e. The average Bonchev–Trinajstić information content (AvgIpc) is 3.17. The Balaban J connectivity index is 1.59. The van der Waals surface area contributed by atoms with Crippen LogP contribution in [-0.2, 0) is 6.54 Å². The van der Waals surface area contributed by atoms with Gasteiger partial charge in [0.25, 0.3) is 5.91 Å². The predicted molar refractivity (Wildman–Crippen MR) is 106 cm³/mol. The summed E-state index contributed by atoms with van der Waals surface area (Å²) in [6.45, 7) is 0.197. The standard InChI is InChI=1S/C22H16FN3O3/c23-16-7-9-17(10-8-16)26-20-6-2-5-18(19(20)13-25-26)21(27)24-12-14-3-1-4-15(11-14)22(28)29/h1-11,13H,12H2,(H,24,27)(H,28,29). The maximum Gasteiger partial charge on any atom is 0.335 e. The third-order valence-corrected chi connectivity index (χ3v) is 4.56. The van der Waals surface area contributed by atoms with Crippen molar-refractivity contribution in [2.75, 3.05) is 0 Å². The molecule has 4 aromatic rings. The largest absolute Gasteiger partial charge is 0.478 e. The molecule has 6 nitrogen and oxygen atoms in total. The third kappa shape index (κ3) is 3.70. The summed E-state index contributed by atoms with van der Waals surface area (Å²) in [6, 6.07) is 17.6. The lowest BCUT2D eigenvalue weighted by atomic mass is 10.1. The van der Waals surface area contributed by atoms with E-state index >= 15 is 0 Å². The number of hydrogen-bond acceptors (Lipinski definition) is 3. The van der Waals surface area contributed by atoms with Gasteiger partial charge in [0.2, 0.25) is 0 Å². The summed E-state index contributed by atoms with van der Waals surface area (Å²) in [5.74, 6) is -1.65. The summed E-state index contributed by atoms with van der Waals surface area (Å²) in [4.78, 5) is 23.8. The van der Waals surface area contributed by atoms with Gasteiger partial charge in [-0.1, -0.05) is 18.2 Å². The normalized spacial score (nSPS) is 10.8. The van der Waals surface area contributed by atoms with Gasteiger partial charge in [-0.25, -0.2) is 13.9 Å². The van der Waals surface area contributed by atoms with Crippen LogP contribution in [0.25, 0.3) is 16.6 Å². The van der Waals surface area contributed by atoms with E-state index in [0.717, 1.165) is 5.52 Å². The van der Waals surface area contributed by atoms with Gasteiger partial charge in [-0.3, -0.25) is 4.79 Å². The SMILES string of the molecule is O=C(O)c1cccc(CNC(=O)c2cccc3c2cnn3-c2ccc(F)cc2)c1. The number of halogens is 1. The van der Waals surface area contributed by atoms with Crippen LogP contribution in [0, 0.1) is 5.82 Å². The number of amides is 1. The summed E-state index contributed by atoms with van der Waals surface area (Å²) in [6.07, 6.45) is 1.60. The summed E-state index contributed by atoms with van der Waals surface area (Å²) in [7, 11) is 0. The monoisotopic (exact) mass is 389 g/mol. The number of nitrogens with one attached hydrogen (secondary N) is 1. The van der Waals surface area contributed by atoms with Crippen LogP contribution in [0.2, 0.25) is 0 Å². The van der Waals surface area contributed by atoms with Crippen molar-refractivity contribution in [3.05, 3.63) is 95.4 Å².